The van der Waals surface area contributed by atoms with Gasteiger partial charge in [0.05, 0.1) is 6.10 Å². The molecule has 21 heavy (non-hydrogen) atoms. The van der Waals surface area contributed by atoms with E-state index in [-0.39, 0.29) is 12.1 Å². The van der Waals surface area contributed by atoms with Crippen LogP contribution in [0.4, 0.5) is 9.80 Å². The van der Waals surface area contributed by atoms with E-state index in [1.54, 1.807) is 0 Å². The van der Waals surface area contributed by atoms with Crippen LogP contribution in [0, 0.1) is 0 Å². The van der Waals surface area contributed by atoms with Crippen LogP contribution in [0.5, 0.6) is 0 Å². The Kier molecular flexibility index (Phi) is 4.42. The van der Waals surface area contributed by atoms with Crippen molar-refractivity contribution >= 4 is 22.6 Å². The quantitative estimate of drug-likeness (QED) is 0.910. The minimum Gasteiger partial charge on any atom is -0.376 e. The molecule has 2 heterocycles. The summed E-state index contributed by atoms with van der Waals surface area (Å²) in [6.07, 6.45) is 2.19. The van der Waals surface area contributed by atoms with Crippen LogP contribution in [-0.2, 0) is 4.74 Å². The number of nitrogens with zero attached hydrogens (tertiary/aromatic N) is 2. The van der Waals surface area contributed by atoms with Crippen molar-refractivity contribution in [2.24, 2.45) is 0 Å². The highest BCUT2D eigenvalue weighted by molar-refractivity contribution is 7.10. The summed E-state index contributed by atoms with van der Waals surface area (Å²) < 4.78 is 9.38. The number of carbonyl (C=O) groups excluding carboxylic acids is 1. The first-order valence-corrected chi connectivity index (χ1v) is 7.64. The van der Waals surface area contributed by atoms with E-state index < -0.39 is 0 Å². The summed E-state index contributed by atoms with van der Waals surface area (Å²) in [6.45, 7) is 1.31. The van der Waals surface area contributed by atoms with Crippen LogP contribution in [0.3, 0.4) is 0 Å². The molecule has 1 aliphatic heterocycles. The molecule has 0 spiro atoms. The predicted molar refractivity (Wildman–Crippen MR) is 81.3 cm³/mol. The van der Waals surface area contributed by atoms with Gasteiger partial charge in [0.1, 0.15) is 10.7 Å². The maximum Gasteiger partial charge on any atom is 0.320 e. The lowest BCUT2D eigenvalue weighted by atomic mass is 10.2. The molecule has 1 fully saturated rings. The van der Waals surface area contributed by atoms with Gasteiger partial charge in [-0.15, -0.1) is 5.10 Å². The van der Waals surface area contributed by atoms with Gasteiger partial charge in [-0.1, -0.05) is 34.8 Å². The summed E-state index contributed by atoms with van der Waals surface area (Å²) in [7, 11) is 0. The van der Waals surface area contributed by atoms with E-state index in [0.29, 0.717) is 17.2 Å². The SMILES string of the molecule is O=C(NC[C@H]1CCCO1)Nc1snnc1-c1ccccc1. The summed E-state index contributed by atoms with van der Waals surface area (Å²) in [5.74, 6) is 0. The Morgan fingerprint density at radius 3 is 3.00 bits per heavy atom. The Morgan fingerprint density at radius 2 is 2.24 bits per heavy atom. The molecule has 0 saturated carbocycles. The molecule has 2 amide bonds. The Morgan fingerprint density at radius 1 is 1.38 bits per heavy atom. The van der Waals surface area contributed by atoms with Gasteiger partial charge in [0.25, 0.3) is 0 Å². The lowest BCUT2D eigenvalue weighted by Gasteiger charge is -2.11. The molecule has 2 N–H and O–H groups in total. The number of hydrogen-bond donors (Lipinski definition) is 2. The second-order valence-corrected chi connectivity index (χ2v) is 5.54. The van der Waals surface area contributed by atoms with Crippen LogP contribution >= 0.6 is 11.5 Å². The molecular weight excluding hydrogens is 288 g/mol. The smallest absolute Gasteiger partial charge is 0.320 e. The van der Waals surface area contributed by atoms with E-state index in [2.05, 4.69) is 20.2 Å². The van der Waals surface area contributed by atoms with Crippen LogP contribution in [0.25, 0.3) is 11.3 Å². The van der Waals surface area contributed by atoms with Crippen molar-refractivity contribution in [3.05, 3.63) is 30.3 Å². The van der Waals surface area contributed by atoms with E-state index in [1.165, 1.54) is 11.5 Å². The molecular formula is C14H16N4O2S. The first-order chi connectivity index (χ1) is 10.3. The second-order valence-electron chi connectivity index (χ2n) is 4.79. The largest absolute Gasteiger partial charge is 0.376 e. The van der Waals surface area contributed by atoms with Crippen LogP contribution < -0.4 is 10.6 Å². The normalized spacial score (nSPS) is 17.6. The molecule has 6 nitrogen and oxygen atoms in total. The zero-order valence-corrected chi connectivity index (χ0v) is 12.2. The van der Waals surface area contributed by atoms with Crippen LogP contribution in [0.2, 0.25) is 0 Å². The average molecular weight is 304 g/mol. The Hall–Kier alpha value is -1.99. The molecule has 0 radical (unpaired) electrons. The van der Waals surface area contributed by atoms with Gasteiger partial charge in [-0.2, -0.15) is 0 Å². The van der Waals surface area contributed by atoms with Crippen molar-refractivity contribution < 1.29 is 9.53 Å². The van der Waals surface area contributed by atoms with E-state index in [1.807, 2.05) is 30.3 Å². The number of aromatic nitrogens is 2. The molecule has 0 aliphatic carbocycles. The minimum absolute atomic E-state index is 0.129. The van der Waals surface area contributed by atoms with Crippen molar-refractivity contribution in [1.82, 2.24) is 14.9 Å². The monoisotopic (exact) mass is 304 g/mol. The first-order valence-electron chi connectivity index (χ1n) is 6.87. The summed E-state index contributed by atoms with van der Waals surface area (Å²) in [6, 6.07) is 9.41. The molecule has 1 aromatic heterocycles. The van der Waals surface area contributed by atoms with Gasteiger partial charge in [-0.3, -0.25) is 5.32 Å². The van der Waals surface area contributed by atoms with Crippen molar-refractivity contribution in [3.8, 4) is 11.3 Å². The number of anilines is 1. The van der Waals surface area contributed by atoms with Crippen molar-refractivity contribution in [3.63, 3.8) is 0 Å². The number of benzene rings is 1. The van der Waals surface area contributed by atoms with E-state index >= 15 is 0 Å². The fourth-order valence-electron chi connectivity index (χ4n) is 2.22. The molecule has 1 atom stereocenters. The van der Waals surface area contributed by atoms with Gasteiger partial charge in [-0.05, 0) is 12.8 Å². The number of urea groups is 1. The second kappa shape index (κ2) is 6.64. The number of carbonyl (C=O) groups is 1. The Bertz CT molecular complexity index is 596. The molecule has 1 aromatic carbocycles. The summed E-state index contributed by atoms with van der Waals surface area (Å²) >= 11 is 1.17. The molecule has 0 unspecified atom stereocenters. The number of ether oxygens (including phenoxy) is 1. The highest BCUT2D eigenvalue weighted by atomic mass is 32.1. The Labute approximate surface area is 126 Å². The van der Waals surface area contributed by atoms with E-state index in [4.69, 9.17) is 4.74 Å². The van der Waals surface area contributed by atoms with Gasteiger partial charge < -0.3 is 10.1 Å². The highest BCUT2D eigenvalue weighted by Crippen LogP contribution is 2.28. The van der Waals surface area contributed by atoms with Crippen LogP contribution in [0.15, 0.2) is 30.3 Å². The van der Waals surface area contributed by atoms with E-state index in [0.717, 1.165) is 25.0 Å². The van der Waals surface area contributed by atoms with Gasteiger partial charge >= 0.3 is 6.03 Å². The zero-order chi connectivity index (χ0) is 14.5. The molecule has 7 heteroatoms. The number of amides is 2. The number of rotatable bonds is 4. The fourth-order valence-corrected chi connectivity index (χ4v) is 2.80. The maximum atomic E-state index is 11.9. The summed E-state index contributed by atoms with van der Waals surface area (Å²) in [5.41, 5.74) is 1.62. The fraction of sp³-hybridized carbons (Fsp3) is 0.357. The lowest BCUT2D eigenvalue weighted by Crippen LogP contribution is -2.34. The highest BCUT2D eigenvalue weighted by Gasteiger charge is 2.17. The van der Waals surface area contributed by atoms with Crippen molar-refractivity contribution in [2.45, 2.75) is 18.9 Å². The van der Waals surface area contributed by atoms with Crippen LogP contribution in [-0.4, -0.2) is 34.9 Å². The maximum absolute atomic E-state index is 11.9. The van der Waals surface area contributed by atoms with Gasteiger partial charge in [0.2, 0.25) is 0 Å². The lowest BCUT2D eigenvalue weighted by molar-refractivity contribution is 0.112. The zero-order valence-electron chi connectivity index (χ0n) is 11.4. The number of nitrogens with one attached hydrogen (secondary N) is 2. The van der Waals surface area contributed by atoms with Gasteiger partial charge in [0, 0.05) is 30.2 Å². The predicted octanol–water partition coefficient (Wildman–Crippen LogP) is 2.51. The molecule has 2 aromatic rings. The summed E-state index contributed by atoms with van der Waals surface area (Å²) in [5, 5.41) is 10.3. The average Bonchev–Trinajstić information content (AvgIpc) is 3.17. The molecule has 0 bridgehead atoms. The first kappa shape index (κ1) is 14.0. The van der Waals surface area contributed by atoms with Crippen molar-refractivity contribution in [2.75, 3.05) is 18.5 Å². The molecule has 1 saturated heterocycles. The minimum atomic E-state index is -0.256. The third-order valence-corrected chi connectivity index (χ3v) is 3.92. The van der Waals surface area contributed by atoms with Gasteiger partial charge in [-0.25, -0.2) is 4.79 Å². The third kappa shape index (κ3) is 3.56. The van der Waals surface area contributed by atoms with Crippen molar-refractivity contribution in [1.29, 1.82) is 0 Å². The third-order valence-electron chi connectivity index (χ3n) is 3.28. The van der Waals surface area contributed by atoms with Crippen LogP contribution in [0.1, 0.15) is 12.8 Å². The molecule has 1 aliphatic rings. The summed E-state index contributed by atoms with van der Waals surface area (Å²) in [4.78, 5) is 11.9. The number of hydrogen-bond acceptors (Lipinski definition) is 5. The van der Waals surface area contributed by atoms with Gasteiger partial charge in [0.15, 0.2) is 0 Å². The Balaban J connectivity index is 1.60. The standard InChI is InChI=1S/C14H16N4O2S/c19-14(15-9-11-7-4-8-20-11)16-13-12(17-18-21-13)10-5-2-1-3-6-10/h1-3,5-6,11H,4,7-9H2,(H2,15,16,19)/t11-/m1/s1. The topological polar surface area (TPSA) is 76.1 Å². The molecule has 3 rings (SSSR count). The van der Waals surface area contributed by atoms with E-state index in [9.17, 15) is 4.79 Å². The molecule has 110 valence electrons.